The highest BCUT2D eigenvalue weighted by Gasteiger charge is 2.24. The van der Waals surface area contributed by atoms with Crippen LogP contribution >= 0.6 is 11.3 Å². The van der Waals surface area contributed by atoms with Gasteiger partial charge in [-0.25, -0.2) is 4.98 Å². The molecule has 2 heterocycles. The average Bonchev–Trinajstić information content (AvgIpc) is 3.32. The molecule has 4 rings (SSSR count). The van der Waals surface area contributed by atoms with Gasteiger partial charge in [0.1, 0.15) is 6.61 Å². The Morgan fingerprint density at radius 2 is 1.93 bits per heavy atom. The summed E-state index contributed by atoms with van der Waals surface area (Å²) in [4.78, 5) is 19.2. The minimum absolute atomic E-state index is 0.0533. The molecule has 1 amide bonds. The molecule has 1 saturated heterocycles. The first-order valence-corrected chi connectivity index (χ1v) is 11.2. The number of nitrogens with zero attached hydrogens (tertiary/aromatic N) is 2. The number of aromatic nitrogens is 1. The van der Waals surface area contributed by atoms with Gasteiger partial charge >= 0.3 is 0 Å². The molecule has 5 nitrogen and oxygen atoms in total. The summed E-state index contributed by atoms with van der Waals surface area (Å²) in [6.45, 7) is 1.96. The van der Waals surface area contributed by atoms with Gasteiger partial charge < -0.3 is 14.4 Å². The highest BCUT2D eigenvalue weighted by Crippen LogP contribution is 2.30. The Labute approximate surface area is 181 Å². The van der Waals surface area contributed by atoms with Crippen LogP contribution in [0.4, 0.5) is 0 Å². The molecule has 3 aromatic rings. The van der Waals surface area contributed by atoms with Crippen LogP contribution in [0, 0.1) is 5.92 Å². The van der Waals surface area contributed by atoms with Gasteiger partial charge in [0.05, 0.1) is 18.3 Å². The zero-order chi connectivity index (χ0) is 20.8. The zero-order valence-electron chi connectivity index (χ0n) is 17.1. The highest BCUT2D eigenvalue weighted by atomic mass is 32.1. The first kappa shape index (κ1) is 20.4. The number of likely N-dealkylation sites (tertiary alicyclic amines) is 1. The van der Waals surface area contributed by atoms with E-state index in [9.17, 15) is 4.79 Å². The Morgan fingerprint density at radius 1 is 1.13 bits per heavy atom. The van der Waals surface area contributed by atoms with Crippen LogP contribution in [-0.4, -0.2) is 36.0 Å². The minimum atomic E-state index is 0.0533. The van der Waals surface area contributed by atoms with Gasteiger partial charge in [-0.3, -0.25) is 4.79 Å². The van der Waals surface area contributed by atoms with E-state index in [1.165, 1.54) is 16.9 Å². The summed E-state index contributed by atoms with van der Waals surface area (Å²) < 4.78 is 11.3. The van der Waals surface area contributed by atoms with Crippen molar-refractivity contribution in [1.82, 2.24) is 9.88 Å². The second-order valence-electron chi connectivity index (χ2n) is 7.56. The fourth-order valence-electron chi connectivity index (χ4n) is 3.85. The highest BCUT2D eigenvalue weighted by molar-refractivity contribution is 7.07. The predicted octanol–water partition coefficient (Wildman–Crippen LogP) is 4.83. The van der Waals surface area contributed by atoms with E-state index < -0.39 is 0 Å². The topological polar surface area (TPSA) is 51.7 Å². The Hall–Kier alpha value is -2.86. The third kappa shape index (κ3) is 5.00. The van der Waals surface area contributed by atoms with E-state index >= 15 is 0 Å². The molecule has 2 aromatic carbocycles. The summed E-state index contributed by atoms with van der Waals surface area (Å²) in [6.07, 6.45) is 3.15. The number of benzene rings is 2. The predicted molar refractivity (Wildman–Crippen MR) is 118 cm³/mol. The van der Waals surface area contributed by atoms with Crippen molar-refractivity contribution < 1.29 is 14.3 Å². The SMILES string of the molecule is COc1cc(C(=O)N2CCC(Cc3ccccc3)CC2)ccc1OCc1cscn1. The fraction of sp³-hybridized carbons (Fsp3) is 0.333. The zero-order valence-corrected chi connectivity index (χ0v) is 17.9. The van der Waals surface area contributed by atoms with Gasteiger partial charge in [-0.05, 0) is 48.9 Å². The molecular weight excluding hydrogens is 396 g/mol. The third-order valence-corrected chi connectivity index (χ3v) is 6.17. The molecule has 1 aliphatic heterocycles. The van der Waals surface area contributed by atoms with E-state index in [-0.39, 0.29) is 5.91 Å². The average molecular weight is 423 g/mol. The second-order valence-corrected chi connectivity index (χ2v) is 8.28. The lowest BCUT2D eigenvalue weighted by atomic mass is 9.90. The van der Waals surface area contributed by atoms with E-state index in [4.69, 9.17) is 9.47 Å². The van der Waals surface area contributed by atoms with Gasteiger partial charge in [0, 0.05) is 24.0 Å². The van der Waals surface area contributed by atoms with Gasteiger partial charge in [-0.1, -0.05) is 30.3 Å². The summed E-state index contributed by atoms with van der Waals surface area (Å²) in [5.41, 5.74) is 4.66. The number of rotatable bonds is 7. The number of amides is 1. The molecule has 0 bridgehead atoms. The van der Waals surface area contributed by atoms with Crippen LogP contribution < -0.4 is 9.47 Å². The lowest BCUT2D eigenvalue weighted by Gasteiger charge is -2.32. The molecule has 0 atom stereocenters. The van der Waals surface area contributed by atoms with Crippen molar-refractivity contribution >= 4 is 17.2 Å². The van der Waals surface area contributed by atoms with Gasteiger partial charge in [0.2, 0.25) is 0 Å². The summed E-state index contributed by atoms with van der Waals surface area (Å²) in [6, 6.07) is 16.0. The second kappa shape index (κ2) is 9.76. The monoisotopic (exact) mass is 422 g/mol. The molecule has 1 aromatic heterocycles. The molecule has 30 heavy (non-hydrogen) atoms. The van der Waals surface area contributed by atoms with Gasteiger partial charge in [-0.15, -0.1) is 11.3 Å². The Kier molecular flexibility index (Phi) is 6.64. The number of piperidine rings is 1. The minimum Gasteiger partial charge on any atom is -0.493 e. The molecule has 1 fully saturated rings. The van der Waals surface area contributed by atoms with Crippen molar-refractivity contribution in [2.24, 2.45) is 5.92 Å². The largest absolute Gasteiger partial charge is 0.493 e. The van der Waals surface area contributed by atoms with Gasteiger partial charge in [0.25, 0.3) is 5.91 Å². The molecule has 0 radical (unpaired) electrons. The van der Waals surface area contributed by atoms with Crippen LogP contribution in [0.3, 0.4) is 0 Å². The van der Waals surface area contributed by atoms with Gasteiger partial charge in [-0.2, -0.15) is 0 Å². The molecule has 0 saturated carbocycles. The quantitative estimate of drug-likeness (QED) is 0.547. The van der Waals surface area contributed by atoms with Crippen LogP contribution in [0.25, 0.3) is 0 Å². The lowest BCUT2D eigenvalue weighted by molar-refractivity contribution is 0.0690. The van der Waals surface area contributed by atoms with Crippen molar-refractivity contribution in [3.8, 4) is 11.5 Å². The lowest BCUT2D eigenvalue weighted by Crippen LogP contribution is -2.38. The van der Waals surface area contributed by atoms with E-state index in [0.29, 0.717) is 29.6 Å². The molecule has 156 valence electrons. The van der Waals surface area contributed by atoms with Gasteiger partial charge in [0.15, 0.2) is 11.5 Å². The van der Waals surface area contributed by atoms with E-state index in [0.717, 1.165) is 38.0 Å². The van der Waals surface area contributed by atoms with Crippen LogP contribution in [0.15, 0.2) is 59.4 Å². The van der Waals surface area contributed by atoms with Crippen LogP contribution in [0.2, 0.25) is 0 Å². The number of ether oxygens (including phenoxy) is 2. The standard InChI is InChI=1S/C24H26N2O3S/c1-28-23-14-20(7-8-22(23)29-15-21-16-30-17-25-21)24(27)26-11-9-19(10-12-26)13-18-5-3-2-4-6-18/h2-8,14,16-17,19H,9-13,15H2,1H3. The third-order valence-electron chi connectivity index (χ3n) is 5.54. The summed E-state index contributed by atoms with van der Waals surface area (Å²) in [7, 11) is 1.59. The molecular formula is C24H26N2O3S. The molecule has 6 heteroatoms. The maximum absolute atomic E-state index is 13.0. The summed E-state index contributed by atoms with van der Waals surface area (Å²) in [5.74, 6) is 1.86. The molecule has 1 aliphatic rings. The maximum Gasteiger partial charge on any atom is 0.253 e. The number of methoxy groups -OCH3 is 1. The smallest absolute Gasteiger partial charge is 0.253 e. The Morgan fingerprint density at radius 3 is 2.63 bits per heavy atom. The van der Waals surface area contributed by atoms with Crippen molar-refractivity contribution in [3.05, 3.63) is 76.2 Å². The molecule has 0 aliphatic carbocycles. The number of hydrogen-bond donors (Lipinski definition) is 0. The van der Waals surface area contributed by atoms with E-state index in [2.05, 4.69) is 29.2 Å². The first-order chi connectivity index (χ1) is 14.7. The summed E-state index contributed by atoms with van der Waals surface area (Å²) >= 11 is 1.53. The Bertz CT molecular complexity index is 952. The van der Waals surface area contributed by atoms with E-state index in [1.807, 2.05) is 22.4 Å². The maximum atomic E-state index is 13.0. The van der Waals surface area contributed by atoms with Crippen LogP contribution in [0.1, 0.15) is 34.5 Å². The number of thiazole rings is 1. The Balaban J connectivity index is 1.35. The normalized spacial score (nSPS) is 14.5. The van der Waals surface area contributed by atoms with Crippen LogP contribution in [-0.2, 0) is 13.0 Å². The fourth-order valence-corrected chi connectivity index (χ4v) is 4.39. The van der Waals surface area contributed by atoms with Crippen molar-refractivity contribution in [1.29, 1.82) is 0 Å². The molecule has 0 spiro atoms. The molecule has 0 unspecified atom stereocenters. The van der Waals surface area contributed by atoms with Crippen molar-refractivity contribution in [2.45, 2.75) is 25.9 Å². The number of carbonyl (C=O) groups excluding carboxylic acids is 1. The van der Waals surface area contributed by atoms with Crippen molar-refractivity contribution in [2.75, 3.05) is 20.2 Å². The van der Waals surface area contributed by atoms with E-state index in [1.54, 1.807) is 24.8 Å². The van der Waals surface area contributed by atoms with Crippen molar-refractivity contribution in [3.63, 3.8) is 0 Å². The summed E-state index contributed by atoms with van der Waals surface area (Å²) in [5, 5.41) is 1.95. The number of carbonyl (C=O) groups is 1. The molecule has 0 N–H and O–H groups in total. The number of hydrogen-bond acceptors (Lipinski definition) is 5. The van der Waals surface area contributed by atoms with Crippen LogP contribution in [0.5, 0.6) is 11.5 Å². The first-order valence-electron chi connectivity index (χ1n) is 10.2.